The van der Waals surface area contributed by atoms with Crippen molar-refractivity contribution in [1.82, 2.24) is 0 Å². The molecular weight excluding hydrogens is 252 g/mol. The monoisotopic (exact) mass is 282 g/mol. The van der Waals surface area contributed by atoms with Gasteiger partial charge in [-0.3, -0.25) is 4.79 Å². The lowest BCUT2D eigenvalue weighted by Gasteiger charge is -2.25. The minimum absolute atomic E-state index is 0.135. The van der Waals surface area contributed by atoms with Gasteiger partial charge in [-0.25, -0.2) is 0 Å². The highest BCUT2D eigenvalue weighted by Crippen LogP contribution is 2.37. The van der Waals surface area contributed by atoms with E-state index in [-0.39, 0.29) is 5.97 Å². The highest BCUT2D eigenvalue weighted by Gasteiger charge is 2.25. The molecule has 0 N–H and O–H groups in total. The van der Waals surface area contributed by atoms with Crippen molar-refractivity contribution in [3.05, 3.63) is 11.6 Å². The van der Waals surface area contributed by atoms with E-state index >= 15 is 0 Å². The predicted molar refractivity (Wildman–Crippen MR) is 81.6 cm³/mol. The molecule has 0 amide bonds. The summed E-state index contributed by atoms with van der Waals surface area (Å²) in [5.41, 5.74) is 1.51. The Morgan fingerprint density at radius 3 is 2.65 bits per heavy atom. The van der Waals surface area contributed by atoms with Crippen LogP contribution in [0.1, 0.15) is 66.7 Å². The van der Waals surface area contributed by atoms with Crippen LogP contribution in [0.3, 0.4) is 0 Å². The first-order valence-corrected chi connectivity index (χ1v) is 7.72. The Kier molecular flexibility index (Phi) is 6.25. The molecule has 1 rings (SSSR count). The Hall–Kier alpha value is -0.830. The van der Waals surface area contributed by atoms with Crippen LogP contribution in [0.25, 0.3) is 0 Å². The smallest absolute Gasteiger partial charge is 0.305 e. The van der Waals surface area contributed by atoms with Crippen molar-refractivity contribution in [3.8, 4) is 0 Å². The molecule has 0 spiro atoms. The largest absolute Gasteiger partial charge is 0.463 e. The van der Waals surface area contributed by atoms with Gasteiger partial charge in [-0.1, -0.05) is 32.4 Å². The second-order valence-corrected chi connectivity index (χ2v) is 7.18. The van der Waals surface area contributed by atoms with E-state index in [2.05, 4.69) is 19.9 Å². The van der Waals surface area contributed by atoms with Gasteiger partial charge < -0.3 is 9.47 Å². The summed E-state index contributed by atoms with van der Waals surface area (Å²) in [5.74, 6) is -0.135. The SMILES string of the molecule is CCCC(=O)OCC(C)(C)OCCC1=CCC(C)(C)C1. The first kappa shape index (κ1) is 17.2. The van der Waals surface area contributed by atoms with Crippen LogP contribution >= 0.6 is 0 Å². The van der Waals surface area contributed by atoms with Crippen LogP contribution in [0.2, 0.25) is 0 Å². The minimum atomic E-state index is -0.405. The third kappa shape index (κ3) is 6.56. The third-order valence-electron chi connectivity index (χ3n) is 3.60. The number of ether oxygens (including phenoxy) is 2. The Labute approximate surface area is 123 Å². The second kappa shape index (κ2) is 7.26. The topological polar surface area (TPSA) is 35.5 Å². The number of hydrogen-bond acceptors (Lipinski definition) is 3. The maximum Gasteiger partial charge on any atom is 0.305 e. The molecule has 0 unspecified atom stereocenters. The molecular formula is C17H30O3. The molecule has 0 saturated carbocycles. The number of rotatable bonds is 8. The molecule has 3 heteroatoms. The van der Waals surface area contributed by atoms with Gasteiger partial charge in [0.05, 0.1) is 12.2 Å². The van der Waals surface area contributed by atoms with Gasteiger partial charge in [-0.2, -0.15) is 0 Å². The van der Waals surface area contributed by atoms with E-state index < -0.39 is 5.60 Å². The van der Waals surface area contributed by atoms with Gasteiger partial charge in [0.2, 0.25) is 0 Å². The summed E-state index contributed by atoms with van der Waals surface area (Å²) in [6.45, 7) is 11.5. The molecule has 0 heterocycles. The van der Waals surface area contributed by atoms with Crippen molar-refractivity contribution < 1.29 is 14.3 Å². The van der Waals surface area contributed by atoms with Crippen LogP contribution in [0.15, 0.2) is 11.6 Å². The Balaban J connectivity index is 2.21. The quantitative estimate of drug-likeness (QED) is 0.493. The molecule has 0 atom stereocenters. The lowest BCUT2D eigenvalue weighted by atomic mass is 9.89. The number of allylic oxidation sites excluding steroid dienone is 1. The average molecular weight is 282 g/mol. The number of carbonyl (C=O) groups excluding carboxylic acids is 1. The summed E-state index contributed by atoms with van der Waals surface area (Å²) >= 11 is 0. The normalized spacial score (nSPS) is 17.9. The fourth-order valence-corrected chi connectivity index (χ4v) is 2.40. The molecule has 20 heavy (non-hydrogen) atoms. The van der Waals surface area contributed by atoms with Gasteiger partial charge in [0.1, 0.15) is 6.61 Å². The molecule has 0 fully saturated rings. The summed E-state index contributed by atoms with van der Waals surface area (Å²) in [5, 5.41) is 0. The Bertz CT molecular complexity index is 353. The van der Waals surface area contributed by atoms with Crippen LogP contribution in [-0.4, -0.2) is 24.8 Å². The molecule has 3 nitrogen and oxygen atoms in total. The Morgan fingerprint density at radius 2 is 2.10 bits per heavy atom. The maximum atomic E-state index is 11.4. The first-order valence-electron chi connectivity index (χ1n) is 7.72. The fraction of sp³-hybridized carbons (Fsp3) is 0.824. The van der Waals surface area contributed by atoms with E-state index in [4.69, 9.17) is 9.47 Å². The summed E-state index contributed by atoms with van der Waals surface area (Å²) in [6, 6.07) is 0. The van der Waals surface area contributed by atoms with Gasteiger partial charge >= 0.3 is 5.97 Å². The lowest BCUT2D eigenvalue weighted by Crippen LogP contribution is -2.32. The first-order chi connectivity index (χ1) is 9.24. The van der Waals surface area contributed by atoms with E-state index in [9.17, 15) is 4.79 Å². The summed E-state index contributed by atoms with van der Waals surface area (Å²) in [4.78, 5) is 11.4. The van der Waals surface area contributed by atoms with Crippen LogP contribution in [0.4, 0.5) is 0 Å². The van der Waals surface area contributed by atoms with Crippen LogP contribution < -0.4 is 0 Å². The zero-order valence-corrected chi connectivity index (χ0v) is 13.8. The molecule has 1 aliphatic carbocycles. The van der Waals surface area contributed by atoms with E-state index in [1.807, 2.05) is 20.8 Å². The maximum absolute atomic E-state index is 11.4. The fourth-order valence-electron chi connectivity index (χ4n) is 2.40. The van der Waals surface area contributed by atoms with Gasteiger partial charge in [0, 0.05) is 6.42 Å². The summed E-state index contributed by atoms with van der Waals surface area (Å²) in [6.07, 6.45) is 6.97. The Morgan fingerprint density at radius 1 is 1.40 bits per heavy atom. The zero-order chi connectivity index (χ0) is 15.2. The third-order valence-corrected chi connectivity index (χ3v) is 3.60. The minimum Gasteiger partial charge on any atom is -0.463 e. The molecule has 0 aromatic heterocycles. The molecule has 1 aliphatic rings. The van der Waals surface area contributed by atoms with Crippen molar-refractivity contribution >= 4 is 5.97 Å². The van der Waals surface area contributed by atoms with Crippen molar-refractivity contribution in [3.63, 3.8) is 0 Å². The van der Waals surface area contributed by atoms with Crippen LogP contribution in [-0.2, 0) is 14.3 Å². The highest BCUT2D eigenvalue weighted by molar-refractivity contribution is 5.69. The highest BCUT2D eigenvalue weighted by atomic mass is 16.6. The zero-order valence-electron chi connectivity index (χ0n) is 13.8. The molecule has 0 radical (unpaired) electrons. The number of esters is 1. The molecule has 0 aromatic rings. The molecule has 0 bridgehead atoms. The lowest BCUT2D eigenvalue weighted by molar-refractivity contribution is -0.153. The standard InChI is InChI=1S/C17H30O3/c1-6-7-15(18)19-13-17(4,5)20-11-9-14-8-10-16(2,3)12-14/h8H,6-7,9-13H2,1-5H3. The van der Waals surface area contributed by atoms with E-state index in [0.29, 0.717) is 25.0 Å². The summed E-state index contributed by atoms with van der Waals surface area (Å²) < 4.78 is 11.1. The predicted octanol–water partition coefficient (Wildman–Crippen LogP) is 4.26. The van der Waals surface area contributed by atoms with E-state index in [1.54, 1.807) is 0 Å². The average Bonchev–Trinajstić information content (AvgIpc) is 2.67. The molecule has 0 aromatic carbocycles. The van der Waals surface area contributed by atoms with E-state index in [1.165, 1.54) is 18.4 Å². The molecule has 116 valence electrons. The second-order valence-electron chi connectivity index (χ2n) is 7.18. The van der Waals surface area contributed by atoms with Crippen LogP contribution in [0.5, 0.6) is 0 Å². The molecule has 0 saturated heterocycles. The van der Waals surface area contributed by atoms with Crippen molar-refractivity contribution in [2.75, 3.05) is 13.2 Å². The number of carbonyl (C=O) groups is 1. The van der Waals surface area contributed by atoms with Crippen molar-refractivity contribution in [2.24, 2.45) is 5.41 Å². The van der Waals surface area contributed by atoms with Gasteiger partial charge in [-0.05, 0) is 44.9 Å². The van der Waals surface area contributed by atoms with Crippen molar-refractivity contribution in [1.29, 1.82) is 0 Å². The van der Waals surface area contributed by atoms with Gasteiger partial charge in [-0.15, -0.1) is 0 Å². The van der Waals surface area contributed by atoms with Gasteiger partial charge in [0.15, 0.2) is 0 Å². The van der Waals surface area contributed by atoms with E-state index in [0.717, 1.165) is 12.8 Å². The molecule has 0 aliphatic heterocycles. The van der Waals surface area contributed by atoms with Crippen molar-refractivity contribution in [2.45, 2.75) is 72.3 Å². The summed E-state index contributed by atoms with van der Waals surface area (Å²) in [7, 11) is 0. The van der Waals surface area contributed by atoms with Gasteiger partial charge in [0.25, 0.3) is 0 Å². The number of hydrogen-bond donors (Lipinski definition) is 0. The van der Waals surface area contributed by atoms with Crippen LogP contribution in [0, 0.1) is 5.41 Å².